The predicted octanol–water partition coefficient (Wildman–Crippen LogP) is 1.31. The van der Waals surface area contributed by atoms with Gasteiger partial charge in [-0.15, -0.1) is 0 Å². The van der Waals surface area contributed by atoms with Crippen molar-refractivity contribution in [3.63, 3.8) is 0 Å². The fourth-order valence-corrected chi connectivity index (χ4v) is 1.93. The van der Waals surface area contributed by atoms with Crippen LogP contribution in [-0.2, 0) is 0 Å². The molecule has 0 aromatic heterocycles. The number of rotatable bonds is 1. The molecule has 1 amide bonds. The second-order valence-corrected chi connectivity index (χ2v) is 4.26. The maximum Gasteiger partial charge on any atom is 0.253 e. The lowest BCUT2D eigenvalue weighted by molar-refractivity contribution is 0.0790. The molecule has 1 aliphatic rings. The Bertz CT molecular complexity index is 419. The van der Waals surface area contributed by atoms with E-state index < -0.39 is 0 Å². The fourth-order valence-electron chi connectivity index (χ4n) is 1.93. The third-order valence-electron chi connectivity index (χ3n) is 2.92. The summed E-state index contributed by atoms with van der Waals surface area (Å²) in [4.78, 5) is 13.7. The van der Waals surface area contributed by atoms with Crippen molar-refractivity contribution in [3.8, 4) is 0 Å². The molecule has 1 aromatic rings. The first-order valence-electron chi connectivity index (χ1n) is 5.39. The largest absolute Gasteiger partial charge is 0.337 e. The maximum absolute atomic E-state index is 13.1. The third-order valence-corrected chi connectivity index (χ3v) is 2.92. The molecule has 2 rings (SSSR count). The molecule has 16 heavy (non-hydrogen) atoms. The van der Waals surface area contributed by atoms with Crippen LogP contribution < -0.4 is 5.73 Å². The first-order chi connectivity index (χ1) is 7.58. The molecule has 86 valence electrons. The highest BCUT2D eigenvalue weighted by Gasteiger charge is 2.24. The summed E-state index contributed by atoms with van der Waals surface area (Å²) in [5.74, 6) is -0.342. The summed E-state index contributed by atoms with van der Waals surface area (Å²) < 4.78 is 13.1. The minimum atomic E-state index is -0.283. The van der Waals surface area contributed by atoms with E-state index >= 15 is 0 Å². The van der Waals surface area contributed by atoms with Gasteiger partial charge in [-0.2, -0.15) is 0 Å². The normalized spacial score (nSPS) is 20.2. The Hall–Kier alpha value is -1.42. The Labute approximate surface area is 94.0 Å². The molecule has 1 aromatic carbocycles. The summed E-state index contributed by atoms with van der Waals surface area (Å²) in [6.07, 6.45) is 0.839. The zero-order valence-corrected chi connectivity index (χ0v) is 9.24. The van der Waals surface area contributed by atoms with E-state index in [2.05, 4.69) is 0 Å². The van der Waals surface area contributed by atoms with Crippen LogP contribution in [0.3, 0.4) is 0 Å². The number of likely N-dealkylation sites (tertiary alicyclic amines) is 1. The molecular weight excluding hydrogens is 207 g/mol. The molecule has 0 bridgehead atoms. The van der Waals surface area contributed by atoms with Gasteiger partial charge in [0.1, 0.15) is 5.82 Å². The maximum atomic E-state index is 13.1. The van der Waals surface area contributed by atoms with Crippen LogP contribution >= 0.6 is 0 Å². The molecule has 0 aliphatic carbocycles. The van der Waals surface area contributed by atoms with E-state index in [1.54, 1.807) is 17.9 Å². The Morgan fingerprint density at radius 2 is 2.31 bits per heavy atom. The lowest BCUT2D eigenvalue weighted by Crippen LogP contribution is -2.31. The van der Waals surface area contributed by atoms with Crippen LogP contribution in [0.2, 0.25) is 0 Å². The van der Waals surface area contributed by atoms with Gasteiger partial charge in [0.15, 0.2) is 0 Å². The highest BCUT2D eigenvalue weighted by atomic mass is 19.1. The van der Waals surface area contributed by atoms with Crippen LogP contribution in [0.1, 0.15) is 22.3 Å². The predicted molar refractivity (Wildman–Crippen MR) is 59.6 cm³/mol. The van der Waals surface area contributed by atoms with Crippen molar-refractivity contribution < 1.29 is 9.18 Å². The summed E-state index contributed by atoms with van der Waals surface area (Å²) in [6, 6.07) is 4.51. The quantitative estimate of drug-likeness (QED) is 0.778. The molecule has 1 heterocycles. The molecule has 3 nitrogen and oxygen atoms in total. The van der Waals surface area contributed by atoms with Crippen LogP contribution in [0.5, 0.6) is 0 Å². The molecule has 1 saturated heterocycles. The molecule has 1 atom stereocenters. The van der Waals surface area contributed by atoms with Crippen LogP contribution in [0.15, 0.2) is 18.2 Å². The SMILES string of the molecule is Cc1cc(C(=O)N2CC[C@@H](N)C2)ccc1F. The van der Waals surface area contributed by atoms with Gasteiger partial charge in [-0.3, -0.25) is 4.79 Å². The number of halogens is 1. The molecule has 2 N–H and O–H groups in total. The lowest BCUT2D eigenvalue weighted by atomic mass is 10.1. The van der Waals surface area contributed by atoms with Gasteiger partial charge in [-0.1, -0.05) is 0 Å². The number of benzene rings is 1. The highest BCUT2D eigenvalue weighted by molar-refractivity contribution is 5.94. The topological polar surface area (TPSA) is 46.3 Å². The summed E-state index contributed by atoms with van der Waals surface area (Å²) in [7, 11) is 0. The summed E-state index contributed by atoms with van der Waals surface area (Å²) >= 11 is 0. The van der Waals surface area contributed by atoms with E-state index in [1.165, 1.54) is 12.1 Å². The standard InChI is InChI=1S/C12H15FN2O/c1-8-6-9(2-3-11(8)13)12(16)15-5-4-10(14)7-15/h2-3,6,10H,4-5,7,14H2,1H3/t10-/m1/s1. The van der Waals surface area contributed by atoms with E-state index in [0.717, 1.165) is 6.42 Å². The molecule has 4 heteroatoms. The van der Waals surface area contributed by atoms with E-state index in [4.69, 9.17) is 5.73 Å². The van der Waals surface area contributed by atoms with Gasteiger partial charge in [-0.25, -0.2) is 4.39 Å². The van der Waals surface area contributed by atoms with Gasteiger partial charge in [0.05, 0.1) is 0 Å². The second kappa shape index (κ2) is 4.22. The van der Waals surface area contributed by atoms with Crippen molar-refractivity contribution in [1.82, 2.24) is 4.90 Å². The number of hydrogen-bond donors (Lipinski definition) is 1. The Kier molecular flexibility index (Phi) is 2.92. The van der Waals surface area contributed by atoms with Crippen molar-refractivity contribution in [2.24, 2.45) is 5.73 Å². The Morgan fingerprint density at radius 1 is 1.56 bits per heavy atom. The molecule has 0 saturated carbocycles. The van der Waals surface area contributed by atoms with E-state index in [1.807, 2.05) is 0 Å². The number of carbonyl (C=O) groups excluding carboxylic acids is 1. The van der Waals surface area contributed by atoms with Crippen LogP contribution in [0, 0.1) is 12.7 Å². The van der Waals surface area contributed by atoms with Crippen molar-refractivity contribution in [1.29, 1.82) is 0 Å². The number of nitrogens with zero attached hydrogens (tertiary/aromatic N) is 1. The second-order valence-electron chi connectivity index (χ2n) is 4.26. The van der Waals surface area contributed by atoms with Crippen molar-refractivity contribution in [2.75, 3.05) is 13.1 Å². The van der Waals surface area contributed by atoms with E-state index in [-0.39, 0.29) is 17.8 Å². The molecule has 0 radical (unpaired) electrons. The van der Waals surface area contributed by atoms with Gasteiger partial charge in [0.25, 0.3) is 5.91 Å². The zero-order chi connectivity index (χ0) is 11.7. The van der Waals surface area contributed by atoms with Gasteiger partial charge in [0, 0.05) is 24.7 Å². The summed E-state index contributed by atoms with van der Waals surface area (Å²) in [6.45, 7) is 2.94. The fraction of sp³-hybridized carbons (Fsp3) is 0.417. The highest BCUT2D eigenvalue weighted by Crippen LogP contribution is 2.15. The van der Waals surface area contributed by atoms with Gasteiger partial charge in [0.2, 0.25) is 0 Å². The first-order valence-corrected chi connectivity index (χ1v) is 5.39. The van der Waals surface area contributed by atoms with Gasteiger partial charge < -0.3 is 10.6 Å². The minimum absolute atomic E-state index is 0.0592. The minimum Gasteiger partial charge on any atom is -0.337 e. The lowest BCUT2D eigenvalue weighted by Gasteiger charge is -2.16. The molecule has 1 aliphatic heterocycles. The summed E-state index contributed by atoms with van der Waals surface area (Å²) in [5.41, 5.74) is 6.77. The average molecular weight is 222 g/mol. The third kappa shape index (κ3) is 2.07. The van der Waals surface area contributed by atoms with Gasteiger partial charge >= 0.3 is 0 Å². The van der Waals surface area contributed by atoms with Crippen molar-refractivity contribution in [3.05, 3.63) is 35.1 Å². The monoisotopic (exact) mass is 222 g/mol. The average Bonchev–Trinajstić information content (AvgIpc) is 2.68. The molecular formula is C12H15FN2O. The van der Waals surface area contributed by atoms with Gasteiger partial charge in [-0.05, 0) is 37.1 Å². The van der Waals surface area contributed by atoms with E-state index in [9.17, 15) is 9.18 Å². The van der Waals surface area contributed by atoms with Crippen LogP contribution in [0.4, 0.5) is 4.39 Å². The Morgan fingerprint density at radius 3 is 2.88 bits per heavy atom. The summed E-state index contributed by atoms with van der Waals surface area (Å²) in [5, 5.41) is 0. The van der Waals surface area contributed by atoms with E-state index in [0.29, 0.717) is 24.2 Å². The number of nitrogens with two attached hydrogens (primary N) is 1. The van der Waals surface area contributed by atoms with Crippen LogP contribution in [0.25, 0.3) is 0 Å². The molecule has 0 spiro atoms. The number of hydrogen-bond acceptors (Lipinski definition) is 2. The number of carbonyl (C=O) groups is 1. The van der Waals surface area contributed by atoms with Crippen LogP contribution in [-0.4, -0.2) is 29.9 Å². The zero-order valence-electron chi connectivity index (χ0n) is 9.24. The number of amides is 1. The molecule has 0 unspecified atom stereocenters. The van der Waals surface area contributed by atoms with Crippen molar-refractivity contribution in [2.45, 2.75) is 19.4 Å². The smallest absolute Gasteiger partial charge is 0.253 e. The Balaban J connectivity index is 2.18. The first kappa shape index (κ1) is 11.1. The van der Waals surface area contributed by atoms with Crippen molar-refractivity contribution >= 4 is 5.91 Å². The number of aryl methyl sites for hydroxylation is 1. The molecule has 1 fully saturated rings.